The van der Waals surface area contributed by atoms with Crippen LogP contribution in [0.1, 0.15) is 18.4 Å². The second-order valence-corrected chi connectivity index (χ2v) is 7.52. The van der Waals surface area contributed by atoms with Crippen LogP contribution in [0.15, 0.2) is 12.1 Å². The van der Waals surface area contributed by atoms with Crippen LogP contribution in [0.4, 0.5) is 14.5 Å². The molecule has 0 N–H and O–H groups in total. The lowest BCUT2D eigenvalue weighted by atomic mass is 10.0. The van der Waals surface area contributed by atoms with Gasteiger partial charge in [0.2, 0.25) is 10.0 Å². The minimum absolute atomic E-state index is 0.00850. The van der Waals surface area contributed by atoms with Gasteiger partial charge in [0.15, 0.2) is 11.6 Å². The largest absolute Gasteiger partial charge is 0.381 e. The molecule has 3 rings (SSSR count). The molecular formula is C14H17F2NO3S. The quantitative estimate of drug-likeness (QED) is 0.857. The number of aryl methyl sites for hydroxylation is 1. The topological polar surface area (TPSA) is 46.6 Å². The lowest BCUT2D eigenvalue weighted by Gasteiger charge is -2.31. The fourth-order valence-corrected chi connectivity index (χ4v) is 4.85. The van der Waals surface area contributed by atoms with Crippen LogP contribution in [0.25, 0.3) is 0 Å². The first-order valence-corrected chi connectivity index (χ1v) is 8.64. The van der Waals surface area contributed by atoms with Gasteiger partial charge in [-0.05, 0) is 30.9 Å². The summed E-state index contributed by atoms with van der Waals surface area (Å²) in [6, 6.07) is 2.09. The summed E-state index contributed by atoms with van der Waals surface area (Å²) in [5, 5.41) is 0. The molecule has 0 aromatic heterocycles. The Balaban J connectivity index is 1.91. The van der Waals surface area contributed by atoms with Crippen LogP contribution >= 0.6 is 0 Å². The molecule has 0 unspecified atom stereocenters. The SMILES string of the molecule is O=S(=O)(C[C@H]1CCOC1)N1CCCc2cc(F)c(F)cc21. The number of rotatable bonds is 3. The summed E-state index contributed by atoms with van der Waals surface area (Å²) in [7, 11) is -3.55. The van der Waals surface area contributed by atoms with Gasteiger partial charge < -0.3 is 4.74 Å². The van der Waals surface area contributed by atoms with Gasteiger partial charge in [-0.1, -0.05) is 0 Å². The molecule has 1 saturated heterocycles. The number of halogens is 2. The molecule has 4 nitrogen and oxygen atoms in total. The maximum Gasteiger partial charge on any atom is 0.235 e. The number of hydrogen-bond donors (Lipinski definition) is 0. The molecule has 1 aromatic rings. The molecule has 21 heavy (non-hydrogen) atoms. The van der Waals surface area contributed by atoms with Gasteiger partial charge in [0.05, 0.1) is 18.0 Å². The fraction of sp³-hybridized carbons (Fsp3) is 0.571. The molecule has 1 atom stereocenters. The molecule has 0 spiro atoms. The van der Waals surface area contributed by atoms with E-state index in [1.165, 1.54) is 4.31 Å². The molecule has 0 radical (unpaired) electrons. The van der Waals surface area contributed by atoms with E-state index in [1.807, 2.05) is 0 Å². The van der Waals surface area contributed by atoms with Crippen molar-refractivity contribution >= 4 is 15.7 Å². The van der Waals surface area contributed by atoms with Gasteiger partial charge in [0, 0.05) is 25.1 Å². The molecule has 2 aliphatic heterocycles. The first kappa shape index (κ1) is 14.7. The number of benzene rings is 1. The predicted molar refractivity (Wildman–Crippen MR) is 74.7 cm³/mol. The predicted octanol–water partition coefficient (Wildman–Crippen LogP) is 2.08. The average molecular weight is 317 g/mol. The highest BCUT2D eigenvalue weighted by molar-refractivity contribution is 7.92. The lowest BCUT2D eigenvalue weighted by Crippen LogP contribution is -2.39. The highest BCUT2D eigenvalue weighted by atomic mass is 32.2. The van der Waals surface area contributed by atoms with E-state index < -0.39 is 21.7 Å². The molecule has 1 aromatic carbocycles. The van der Waals surface area contributed by atoms with Crippen LogP contribution in [0.3, 0.4) is 0 Å². The summed E-state index contributed by atoms with van der Waals surface area (Å²) in [4.78, 5) is 0. The van der Waals surface area contributed by atoms with Crippen molar-refractivity contribution in [2.24, 2.45) is 5.92 Å². The van der Waals surface area contributed by atoms with E-state index in [1.54, 1.807) is 0 Å². The van der Waals surface area contributed by atoms with E-state index in [-0.39, 0.29) is 17.4 Å². The van der Waals surface area contributed by atoms with Crippen molar-refractivity contribution in [3.05, 3.63) is 29.3 Å². The van der Waals surface area contributed by atoms with Crippen molar-refractivity contribution in [3.63, 3.8) is 0 Å². The molecule has 2 aliphatic rings. The van der Waals surface area contributed by atoms with Gasteiger partial charge in [0.1, 0.15) is 0 Å². The van der Waals surface area contributed by atoms with E-state index in [2.05, 4.69) is 0 Å². The molecule has 0 bridgehead atoms. The zero-order valence-corrected chi connectivity index (χ0v) is 12.3. The number of anilines is 1. The van der Waals surface area contributed by atoms with E-state index in [9.17, 15) is 17.2 Å². The third kappa shape index (κ3) is 2.89. The van der Waals surface area contributed by atoms with Crippen LogP contribution in [0.2, 0.25) is 0 Å². The molecule has 7 heteroatoms. The molecule has 2 heterocycles. The fourth-order valence-electron chi connectivity index (χ4n) is 2.94. The number of fused-ring (bicyclic) bond motifs is 1. The van der Waals surface area contributed by atoms with Crippen LogP contribution in [0, 0.1) is 17.6 Å². The third-order valence-corrected chi connectivity index (χ3v) is 5.95. The van der Waals surface area contributed by atoms with Gasteiger partial charge >= 0.3 is 0 Å². The summed E-state index contributed by atoms with van der Waals surface area (Å²) in [5.41, 5.74) is 0.825. The Morgan fingerprint density at radius 3 is 2.76 bits per heavy atom. The second-order valence-electron chi connectivity index (χ2n) is 5.58. The Morgan fingerprint density at radius 2 is 2.05 bits per heavy atom. The normalized spacial score (nSPS) is 22.4. The van der Waals surface area contributed by atoms with Gasteiger partial charge in [-0.25, -0.2) is 17.2 Å². The van der Waals surface area contributed by atoms with E-state index >= 15 is 0 Å². The van der Waals surface area contributed by atoms with Crippen molar-refractivity contribution in [2.45, 2.75) is 19.3 Å². The van der Waals surface area contributed by atoms with Crippen LogP contribution in [0.5, 0.6) is 0 Å². The van der Waals surface area contributed by atoms with Gasteiger partial charge in [0.25, 0.3) is 0 Å². The summed E-state index contributed by atoms with van der Waals surface area (Å²) >= 11 is 0. The Kier molecular flexibility index (Phi) is 3.88. The maximum atomic E-state index is 13.5. The lowest BCUT2D eigenvalue weighted by molar-refractivity contribution is 0.188. The average Bonchev–Trinajstić information content (AvgIpc) is 2.91. The monoisotopic (exact) mass is 317 g/mol. The molecular weight excluding hydrogens is 300 g/mol. The second kappa shape index (κ2) is 5.53. The van der Waals surface area contributed by atoms with Crippen molar-refractivity contribution in [1.82, 2.24) is 0 Å². The number of nitrogens with zero attached hydrogens (tertiary/aromatic N) is 1. The molecule has 116 valence electrons. The number of sulfonamides is 1. The Bertz CT molecular complexity index is 642. The van der Waals surface area contributed by atoms with Gasteiger partial charge in [-0.15, -0.1) is 0 Å². The maximum absolute atomic E-state index is 13.5. The Labute approximate surface area is 122 Å². The van der Waals surface area contributed by atoms with Crippen molar-refractivity contribution in [3.8, 4) is 0 Å². The van der Waals surface area contributed by atoms with E-state index in [0.29, 0.717) is 38.2 Å². The third-order valence-electron chi connectivity index (χ3n) is 4.00. The first-order chi connectivity index (χ1) is 9.97. The number of ether oxygens (including phenoxy) is 1. The van der Waals surface area contributed by atoms with Crippen LogP contribution in [-0.2, 0) is 21.2 Å². The van der Waals surface area contributed by atoms with Crippen molar-refractivity contribution < 1.29 is 21.9 Å². The standard InChI is InChI=1S/C14H17F2NO3S/c15-12-6-11-2-1-4-17(14(11)7-13(12)16)21(18,19)9-10-3-5-20-8-10/h6-7,10H,1-5,8-9H2/t10-/m0/s1. The minimum Gasteiger partial charge on any atom is -0.381 e. The zero-order chi connectivity index (χ0) is 15.0. The summed E-state index contributed by atoms with van der Waals surface area (Å²) < 4.78 is 58.3. The highest BCUT2D eigenvalue weighted by Gasteiger charge is 2.32. The smallest absolute Gasteiger partial charge is 0.235 e. The molecule has 1 fully saturated rings. The molecule has 0 saturated carbocycles. The summed E-state index contributed by atoms with van der Waals surface area (Å²) in [6.07, 6.45) is 1.89. The molecule has 0 aliphatic carbocycles. The van der Waals surface area contributed by atoms with Crippen LogP contribution < -0.4 is 4.31 Å². The summed E-state index contributed by atoms with van der Waals surface area (Å²) in [5.74, 6) is -1.98. The minimum atomic E-state index is -3.55. The number of hydrogen-bond acceptors (Lipinski definition) is 3. The van der Waals surface area contributed by atoms with Gasteiger partial charge in [-0.2, -0.15) is 0 Å². The van der Waals surface area contributed by atoms with Crippen molar-refractivity contribution in [1.29, 1.82) is 0 Å². The Hall–Kier alpha value is -1.21. The van der Waals surface area contributed by atoms with Crippen molar-refractivity contribution in [2.75, 3.05) is 29.8 Å². The molecule has 0 amide bonds. The zero-order valence-electron chi connectivity index (χ0n) is 11.5. The first-order valence-electron chi connectivity index (χ1n) is 7.03. The van der Waals surface area contributed by atoms with Crippen LogP contribution in [-0.4, -0.2) is 33.9 Å². The highest BCUT2D eigenvalue weighted by Crippen LogP contribution is 2.32. The van der Waals surface area contributed by atoms with Gasteiger partial charge in [-0.3, -0.25) is 4.31 Å². The summed E-state index contributed by atoms with van der Waals surface area (Å²) in [6.45, 7) is 1.34. The van der Waals surface area contributed by atoms with E-state index in [0.717, 1.165) is 18.6 Å². The van der Waals surface area contributed by atoms with E-state index in [4.69, 9.17) is 4.74 Å². The Morgan fingerprint density at radius 1 is 1.29 bits per heavy atom.